The summed E-state index contributed by atoms with van der Waals surface area (Å²) in [6, 6.07) is 2.58. The number of nitrogens with two attached hydrogens (primary N) is 1. The number of amides is 7. The first-order valence-corrected chi connectivity index (χ1v) is 31.3. The first-order chi connectivity index (χ1) is 41.3. The molecule has 22 nitrogen and oxygen atoms in total. The second kappa shape index (κ2) is 35.0. The Labute approximate surface area is 516 Å². The first kappa shape index (κ1) is 75.7. The zero-order chi connectivity index (χ0) is 66.5. The fourth-order valence-corrected chi connectivity index (χ4v) is 11.1. The van der Waals surface area contributed by atoms with Gasteiger partial charge in [0.2, 0.25) is 47.3 Å². The van der Waals surface area contributed by atoms with Crippen LogP contribution in [0.15, 0.2) is 30.3 Å². The minimum atomic E-state index is -3.20. The Hall–Kier alpha value is -6.56. The van der Waals surface area contributed by atoms with Gasteiger partial charge in [-0.1, -0.05) is 125 Å². The lowest BCUT2D eigenvalue weighted by Crippen LogP contribution is -2.57. The van der Waals surface area contributed by atoms with Gasteiger partial charge in [0.25, 0.3) is 0 Å². The monoisotopic (exact) mass is 1240 g/mol. The highest BCUT2D eigenvalue weighted by Gasteiger charge is 2.63. The number of aliphatic hydroxyl groups excluding tert-OH is 2. The van der Waals surface area contributed by atoms with E-state index in [-0.39, 0.29) is 31.1 Å². The fourth-order valence-electron chi connectivity index (χ4n) is 11.1. The van der Waals surface area contributed by atoms with E-state index in [1.54, 1.807) is 48.5 Å². The smallest absolute Gasteiger partial charge is 0.329 e. The van der Waals surface area contributed by atoms with Crippen LogP contribution in [0, 0.1) is 59.2 Å². The van der Waals surface area contributed by atoms with E-state index in [9.17, 15) is 76.5 Å². The molecule has 2 aliphatic rings. The van der Waals surface area contributed by atoms with E-state index < -0.39 is 211 Å². The normalized spacial score (nSPS) is 23.8. The number of cyclic esters (lactones) is 1. The summed E-state index contributed by atoms with van der Waals surface area (Å²) < 4.78 is 34.2. The molecule has 0 bridgehead atoms. The molecule has 494 valence electrons. The molecule has 1 aromatic carbocycles. The Morgan fingerprint density at radius 1 is 0.716 bits per heavy atom. The van der Waals surface area contributed by atoms with Crippen molar-refractivity contribution in [1.29, 1.82) is 0 Å². The standard InChI is InChI=1S/C64H99F2N7O15/c1-13-34(6)45(29-47(76)46(23-24-51(67)80)68-58(83)42(32-74)27-49(78)52(35(7)14-2)69-57(82)41(17-5)26-40-21-19-18-20-22-40)60(85)70-53(36(8)15-3)50(79)28-43(33-75)59(84)71-55-39(11)88-61(86)54(37(9)16-4)72-62(87)64(31-44(64)30-63(12,65)66)73-56(81)38(10)25-48(55)77/h18-22,34-39,41-46,52-55,74-75H,13-17,23-33H2,1-12H3,(H2,67,80)(H,68,83)(H,69,82)(H,70,85)(H,71,84)(H,72,87)(H,73,81)/t34-,35-,36-,37-,38+,39-,41+,42-,43-,44?,45+,46+,52-,53-,54-,55+,64?/m0/s1. The molecule has 1 spiro atoms. The van der Waals surface area contributed by atoms with Gasteiger partial charge in [0.05, 0.1) is 43.2 Å². The number of hydrogen-bond acceptors (Lipinski definition) is 15. The zero-order valence-electron chi connectivity index (χ0n) is 53.5. The van der Waals surface area contributed by atoms with Gasteiger partial charge in [-0.25, -0.2) is 13.6 Å². The summed E-state index contributed by atoms with van der Waals surface area (Å²) in [5.41, 5.74) is 4.62. The number of carbonyl (C=O) groups is 12. The molecular weight excluding hydrogens is 1140 g/mol. The highest BCUT2D eigenvalue weighted by molar-refractivity contribution is 6.01. The van der Waals surface area contributed by atoms with Crippen molar-refractivity contribution in [3.05, 3.63) is 35.9 Å². The van der Waals surface area contributed by atoms with Crippen LogP contribution in [-0.4, -0.2) is 142 Å². The second-order valence-corrected chi connectivity index (χ2v) is 25.0. The molecule has 1 aliphatic heterocycles. The SMILES string of the molecule is CC[C@H](Cc1ccccc1)C(=O)N[C@H](C(=O)C[C@@H](CO)C(=O)N[C@H](CCC(N)=O)C(=O)C[C@@H](C(=O)N[C@H](C(=O)C[C@@H](CO)C(=O)N[C@H]1C(=O)C[C@@H](C)C(=O)NC2(CC2CC(C)(F)F)C(=O)N[C@@H]([C@@H](C)CC)C(=O)O[C@H]1C)[C@@H](C)CC)[C@@H](C)CC)[C@@H](C)CC. The molecule has 2 fully saturated rings. The summed E-state index contributed by atoms with van der Waals surface area (Å²) in [6.45, 7) is 17.2. The van der Waals surface area contributed by atoms with Crippen molar-refractivity contribution in [3.63, 3.8) is 0 Å². The summed E-state index contributed by atoms with van der Waals surface area (Å²) in [7, 11) is 0. The van der Waals surface area contributed by atoms with Crippen LogP contribution < -0.4 is 37.6 Å². The number of Topliss-reactive ketones (excluding diaryl/α,β-unsaturated/α-hetero) is 4. The van der Waals surface area contributed by atoms with Gasteiger partial charge in [0.15, 0.2) is 23.1 Å². The fraction of sp³-hybridized carbons (Fsp3) is 0.719. The van der Waals surface area contributed by atoms with Gasteiger partial charge in [-0.05, 0) is 74.7 Å². The van der Waals surface area contributed by atoms with Gasteiger partial charge in [0, 0.05) is 56.3 Å². The molecule has 0 aromatic heterocycles. The minimum absolute atomic E-state index is 0.158. The largest absolute Gasteiger partial charge is 0.458 e. The highest BCUT2D eigenvalue weighted by Crippen LogP contribution is 2.50. The van der Waals surface area contributed by atoms with Gasteiger partial charge in [0.1, 0.15) is 23.7 Å². The van der Waals surface area contributed by atoms with E-state index in [4.69, 9.17) is 10.5 Å². The van der Waals surface area contributed by atoms with E-state index >= 15 is 0 Å². The van der Waals surface area contributed by atoms with Crippen molar-refractivity contribution < 1.29 is 81.3 Å². The summed E-state index contributed by atoms with van der Waals surface area (Å²) in [5, 5.41) is 37.0. The molecule has 1 aromatic rings. The van der Waals surface area contributed by atoms with Crippen LogP contribution in [0.2, 0.25) is 0 Å². The van der Waals surface area contributed by atoms with Gasteiger partial charge in [-0.3, -0.25) is 52.7 Å². The number of ether oxygens (including phenoxy) is 1. The van der Waals surface area contributed by atoms with Gasteiger partial charge < -0.3 is 52.6 Å². The third-order valence-electron chi connectivity index (χ3n) is 18.0. The number of esters is 1. The average Bonchev–Trinajstić information content (AvgIpc) is 1.94. The van der Waals surface area contributed by atoms with E-state index in [0.717, 1.165) is 5.56 Å². The average molecular weight is 1240 g/mol. The number of nitrogens with one attached hydrogen (secondary N) is 6. The molecule has 88 heavy (non-hydrogen) atoms. The van der Waals surface area contributed by atoms with Crippen molar-refractivity contribution in [2.24, 2.45) is 64.9 Å². The molecule has 0 radical (unpaired) electrons. The van der Waals surface area contributed by atoms with Gasteiger partial charge in [-0.2, -0.15) is 0 Å². The molecule has 17 atom stereocenters. The second-order valence-electron chi connectivity index (χ2n) is 25.0. The number of primary amides is 1. The minimum Gasteiger partial charge on any atom is -0.458 e. The van der Waals surface area contributed by atoms with Crippen LogP contribution in [-0.2, 0) is 68.7 Å². The van der Waals surface area contributed by atoms with E-state index in [0.29, 0.717) is 45.4 Å². The Morgan fingerprint density at radius 2 is 1.25 bits per heavy atom. The number of halogens is 2. The predicted molar refractivity (Wildman–Crippen MR) is 322 cm³/mol. The highest BCUT2D eigenvalue weighted by atomic mass is 19.3. The van der Waals surface area contributed by atoms with E-state index in [2.05, 4.69) is 31.9 Å². The molecule has 1 aliphatic carbocycles. The summed E-state index contributed by atoms with van der Waals surface area (Å²) in [5.74, 6) is -21.4. The topological polar surface area (TPSA) is 353 Å². The Morgan fingerprint density at radius 3 is 1.75 bits per heavy atom. The van der Waals surface area contributed by atoms with E-state index in [1.165, 1.54) is 13.8 Å². The first-order valence-electron chi connectivity index (χ1n) is 31.3. The molecular formula is C64H99F2N7O15. The van der Waals surface area contributed by atoms with Crippen molar-refractivity contribution in [1.82, 2.24) is 31.9 Å². The number of benzene rings is 1. The Kier molecular flexibility index (Phi) is 30.1. The third-order valence-corrected chi connectivity index (χ3v) is 18.0. The number of rotatable bonds is 35. The molecule has 1 saturated carbocycles. The third kappa shape index (κ3) is 21.9. The molecule has 7 amide bonds. The molecule has 24 heteroatoms. The Balaban J connectivity index is 1.86. The van der Waals surface area contributed by atoms with Crippen LogP contribution in [0.1, 0.15) is 172 Å². The van der Waals surface area contributed by atoms with Crippen LogP contribution in [0.5, 0.6) is 0 Å². The van der Waals surface area contributed by atoms with Crippen molar-refractivity contribution in [2.45, 2.75) is 221 Å². The number of hydrogen-bond donors (Lipinski definition) is 9. The van der Waals surface area contributed by atoms with Crippen LogP contribution in [0.3, 0.4) is 0 Å². The van der Waals surface area contributed by atoms with Gasteiger partial charge >= 0.3 is 5.97 Å². The maximum Gasteiger partial charge on any atom is 0.329 e. The molecule has 1 heterocycles. The lowest BCUT2D eigenvalue weighted by atomic mass is 9.83. The van der Waals surface area contributed by atoms with E-state index in [1.807, 2.05) is 44.2 Å². The van der Waals surface area contributed by atoms with Crippen molar-refractivity contribution in [2.75, 3.05) is 13.2 Å². The van der Waals surface area contributed by atoms with Crippen molar-refractivity contribution in [3.8, 4) is 0 Å². The summed E-state index contributed by atoms with van der Waals surface area (Å²) in [6.07, 6.45) is -3.02. The quantitative estimate of drug-likeness (QED) is 0.0428. The number of alkyl halides is 2. The van der Waals surface area contributed by atoms with Gasteiger partial charge in [-0.15, -0.1) is 0 Å². The summed E-state index contributed by atoms with van der Waals surface area (Å²) in [4.78, 5) is 167. The summed E-state index contributed by atoms with van der Waals surface area (Å²) >= 11 is 0. The molecule has 10 N–H and O–H groups in total. The van der Waals surface area contributed by atoms with Crippen LogP contribution in [0.4, 0.5) is 8.78 Å². The maximum atomic E-state index is 14.5. The van der Waals surface area contributed by atoms with Crippen LogP contribution >= 0.6 is 0 Å². The zero-order valence-corrected chi connectivity index (χ0v) is 53.5. The number of aliphatic hydroxyl groups is 2. The lowest BCUT2D eigenvalue weighted by Gasteiger charge is -2.30. The number of carbonyl (C=O) groups excluding carboxylic acids is 12. The molecule has 2 unspecified atom stereocenters. The Bertz CT molecular complexity index is 2600. The van der Waals surface area contributed by atoms with Crippen molar-refractivity contribution >= 4 is 70.5 Å². The molecule has 3 rings (SSSR count). The predicted octanol–water partition coefficient (Wildman–Crippen LogP) is 4.30. The molecule has 1 saturated heterocycles. The maximum absolute atomic E-state index is 14.5. The van der Waals surface area contributed by atoms with Crippen LogP contribution in [0.25, 0.3) is 0 Å². The lowest BCUT2D eigenvalue weighted by molar-refractivity contribution is -0.157. The number of ketones is 4.